The number of aryl methyl sites for hydroxylation is 1. The molecule has 0 bridgehead atoms. The Bertz CT molecular complexity index is 1490. The van der Waals surface area contributed by atoms with Gasteiger partial charge >= 0.3 is 12.1 Å². The Morgan fingerprint density at radius 2 is 1.70 bits per heavy atom. The maximum absolute atomic E-state index is 13.4. The molecule has 2 aliphatic heterocycles. The van der Waals surface area contributed by atoms with E-state index in [-0.39, 0.29) is 24.3 Å². The van der Waals surface area contributed by atoms with E-state index in [1.54, 1.807) is 26.4 Å². The van der Waals surface area contributed by atoms with Crippen LogP contribution in [0.4, 0.5) is 0 Å². The average Bonchev–Trinajstić information content (AvgIpc) is 3.38. The first-order valence-corrected chi connectivity index (χ1v) is 14.7. The van der Waals surface area contributed by atoms with E-state index in [4.69, 9.17) is 33.3 Å². The zero-order valence-electron chi connectivity index (χ0n) is 25.6. The maximum Gasteiger partial charge on any atom is 0.373 e. The lowest BCUT2D eigenvalue weighted by Gasteiger charge is -2.53. The number of hydrogen-bond acceptors (Lipinski definition) is 9. The van der Waals surface area contributed by atoms with Crippen LogP contribution in [0.1, 0.15) is 53.0 Å². The number of esters is 1. The van der Waals surface area contributed by atoms with Gasteiger partial charge in [0.05, 0.1) is 39.0 Å². The topological polar surface area (TPSA) is 116 Å². The van der Waals surface area contributed by atoms with E-state index in [0.717, 1.165) is 32.4 Å². The van der Waals surface area contributed by atoms with Crippen LogP contribution in [0, 0.1) is 24.7 Å². The first-order valence-electron chi connectivity index (χ1n) is 14.7. The van der Waals surface area contributed by atoms with Gasteiger partial charge in [0.1, 0.15) is 6.10 Å². The quantitative estimate of drug-likeness (QED) is 0.406. The fourth-order valence-electron chi connectivity index (χ4n) is 7.70. The van der Waals surface area contributed by atoms with Crippen LogP contribution in [-0.4, -0.2) is 75.7 Å². The molecule has 0 spiro atoms. The minimum atomic E-state index is -0.415. The van der Waals surface area contributed by atoms with Gasteiger partial charge in [0.2, 0.25) is 5.75 Å². The van der Waals surface area contributed by atoms with Crippen molar-refractivity contribution in [3.05, 3.63) is 52.7 Å². The number of carbonyl (C=O) groups is 1. The first-order chi connectivity index (χ1) is 20.8. The number of nitrogens with zero attached hydrogens (tertiary/aromatic N) is 1. The van der Waals surface area contributed by atoms with Crippen LogP contribution >= 0.6 is 0 Å². The highest BCUT2D eigenvalue weighted by Crippen LogP contribution is 2.50. The summed E-state index contributed by atoms with van der Waals surface area (Å²) in [5, 5.41) is 1.37. The fourth-order valence-corrected chi connectivity index (χ4v) is 7.70. The van der Waals surface area contributed by atoms with Crippen LogP contribution in [0.15, 0.2) is 30.3 Å². The highest BCUT2D eigenvalue weighted by molar-refractivity contribution is 5.91. The van der Waals surface area contributed by atoms with Crippen LogP contribution in [0.2, 0.25) is 0 Å². The molecule has 1 saturated carbocycles. The molecule has 3 aromatic rings. The van der Waals surface area contributed by atoms with E-state index in [1.165, 1.54) is 41.9 Å². The molecule has 1 saturated heterocycles. The number of rotatable bonds is 6. The number of piperidine rings is 1. The lowest BCUT2D eigenvalue weighted by Crippen LogP contribution is -2.55. The SMILES string of the molecule is COc1cc(C(=O)OC2CC3CN4CCc5c([nH]c6cc(C)ccc56)C4CC3C(C)C2OC)cc(OC)c1OC.O=C=O. The van der Waals surface area contributed by atoms with E-state index < -0.39 is 5.97 Å². The van der Waals surface area contributed by atoms with Gasteiger partial charge < -0.3 is 28.7 Å². The van der Waals surface area contributed by atoms with Crippen LogP contribution in [0.3, 0.4) is 0 Å². The second-order valence-electron chi connectivity index (χ2n) is 11.7. The molecule has 1 N–H and O–H groups in total. The smallest absolute Gasteiger partial charge is 0.373 e. The molecule has 2 fully saturated rings. The van der Waals surface area contributed by atoms with E-state index in [0.29, 0.717) is 40.7 Å². The average molecular weight is 593 g/mol. The van der Waals surface area contributed by atoms with Crippen molar-refractivity contribution < 1.29 is 38.1 Å². The molecule has 6 rings (SSSR count). The van der Waals surface area contributed by atoms with E-state index >= 15 is 0 Å². The minimum absolute atomic E-state index is 0.174. The molecule has 43 heavy (non-hydrogen) atoms. The summed E-state index contributed by atoms with van der Waals surface area (Å²) >= 11 is 0. The normalized spacial score (nSPS) is 26.1. The van der Waals surface area contributed by atoms with Crippen molar-refractivity contribution in [3.8, 4) is 17.2 Å². The van der Waals surface area contributed by atoms with Crippen molar-refractivity contribution in [2.75, 3.05) is 41.5 Å². The number of carbonyl (C=O) groups excluding carboxylic acids is 3. The summed E-state index contributed by atoms with van der Waals surface area (Å²) in [5.41, 5.74) is 5.77. The summed E-state index contributed by atoms with van der Waals surface area (Å²) in [4.78, 5) is 36.1. The predicted molar refractivity (Wildman–Crippen MR) is 158 cm³/mol. The third kappa shape index (κ3) is 5.62. The summed E-state index contributed by atoms with van der Waals surface area (Å²) < 4.78 is 28.5. The van der Waals surface area contributed by atoms with Crippen LogP contribution in [0.5, 0.6) is 17.2 Å². The summed E-state index contributed by atoms with van der Waals surface area (Å²) in [5.74, 6) is 2.04. The van der Waals surface area contributed by atoms with Gasteiger partial charge in [-0.05, 0) is 73.3 Å². The van der Waals surface area contributed by atoms with Gasteiger partial charge in [0.15, 0.2) is 11.5 Å². The van der Waals surface area contributed by atoms with Gasteiger partial charge in [0, 0.05) is 36.8 Å². The van der Waals surface area contributed by atoms with Crippen LogP contribution < -0.4 is 14.2 Å². The molecule has 2 aromatic carbocycles. The zero-order chi connectivity index (χ0) is 30.8. The summed E-state index contributed by atoms with van der Waals surface area (Å²) in [6, 6.07) is 10.4. The Hall–Kier alpha value is -3.85. The molecule has 6 unspecified atom stereocenters. The predicted octanol–water partition coefficient (Wildman–Crippen LogP) is 4.73. The number of fused-ring (bicyclic) bond motifs is 6. The standard InChI is InChI=1S/C32H40N2O6.CO2/c1-17-7-8-21-22-9-10-34-16-20-14-28(40-32(35)19-12-26(36-3)31(39-6)27(13-19)37-4)30(38-5)18(2)23(20)15-25(34)29(22)33-24(21)11-17;2-1-3/h7-8,11-13,18,20,23,25,28,30,33H,9-10,14-16H2,1-6H3;. The van der Waals surface area contributed by atoms with Crippen molar-refractivity contribution in [1.82, 2.24) is 9.88 Å². The molecular weight excluding hydrogens is 552 g/mol. The number of nitrogens with one attached hydrogen (secondary N) is 1. The third-order valence-corrected chi connectivity index (χ3v) is 9.61. The zero-order valence-corrected chi connectivity index (χ0v) is 25.6. The second-order valence-corrected chi connectivity index (χ2v) is 11.7. The largest absolute Gasteiger partial charge is 0.493 e. The molecule has 3 heterocycles. The Morgan fingerprint density at radius 3 is 2.33 bits per heavy atom. The number of methoxy groups -OCH3 is 4. The molecule has 0 radical (unpaired) electrons. The van der Waals surface area contributed by atoms with Crippen molar-refractivity contribution >= 4 is 23.0 Å². The molecule has 10 heteroatoms. The number of benzene rings is 2. The van der Waals surface area contributed by atoms with Crippen molar-refractivity contribution in [2.24, 2.45) is 17.8 Å². The number of hydrogen-bond donors (Lipinski definition) is 1. The lowest BCUT2D eigenvalue weighted by molar-refractivity contribution is -0.191. The second kappa shape index (κ2) is 12.8. The highest BCUT2D eigenvalue weighted by Gasteiger charge is 2.50. The van der Waals surface area contributed by atoms with Crippen LogP contribution in [0.25, 0.3) is 10.9 Å². The number of aromatic nitrogens is 1. The minimum Gasteiger partial charge on any atom is -0.493 e. The van der Waals surface area contributed by atoms with Gasteiger partial charge in [-0.15, -0.1) is 0 Å². The molecular formula is C33H40N2O8. The van der Waals surface area contributed by atoms with Crippen molar-refractivity contribution in [2.45, 2.75) is 51.4 Å². The molecule has 6 atom stereocenters. The monoisotopic (exact) mass is 592 g/mol. The molecule has 3 aliphatic rings. The van der Waals surface area contributed by atoms with Crippen molar-refractivity contribution in [3.63, 3.8) is 0 Å². The van der Waals surface area contributed by atoms with E-state index in [1.807, 2.05) is 0 Å². The lowest BCUT2D eigenvalue weighted by atomic mass is 9.64. The summed E-state index contributed by atoms with van der Waals surface area (Å²) in [6.45, 7) is 6.47. The molecule has 230 valence electrons. The number of H-pyrrole nitrogens is 1. The fraction of sp³-hybridized carbons (Fsp3) is 0.515. The molecule has 0 amide bonds. The Morgan fingerprint density at radius 1 is 1.00 bits per heavy atom. The number of ether oxygens (including phenoxy) is 5. The van der Waals surface area contributed by atoms with Gasteiger partial charge in [-0.1, -0.05) is 19.1 Å². The Kier molecular flexibility index (Phi) is 9.11. The van der Waals surface area contributed by atoms with Crippen LogP contribution in [-0.2, 0) is 25.5 Å². The van der Waals surface area contributed by atoms with Gasteiger partial charge in [-0.3, -0.25) is 4.90 Å². The molecule has 1 aromatic heterocycles. The molecule has 10 nitrogen and oxygen atoms in total. The van der Waals surface area contributed by atoms with E-state index in [2.05, 4.69) is 41.9 Å². The van der Waals surface area contributed by atoms with Crippen molar-refractivity contribution in [1.29, 1.82) is 0 Å². The molecule has 1 aliphatic carbocycles. The highest BCUT2D eigenvalue weighted by atomic mass is 16.6. The van der Waals surface area contributed by atoms with Gasteiger partial charge in [-0.25, -0.2) is 4.79 Å². The maximum atomic E-state index is 13.4. The third-order valence-electron chi connectivity index (χ3n) is 9.61. The first kappa shape index (κ1) is 30.6. The Balaban J connectivity index is 0.00000118. The summed E-state index contributed by atoms with van der Waals surface area (Å²) in [7, 11) is 6.34. The van der Waals surface area contributed by atoms with Gasteiger partial charge in [-0.2, -0.15) is 9.59 Å². The summed E-state index contributed by atoms with van der Waals surface area (Å²) in [6.07, 6.45) is 2.67. The van der Waals surface area contributed by atoms with Gasteiger partial charge in [0.25, 0.3) is 0 Å². The van der Waals surface area contributed by atoms with E-state index in [9.17, 15) is 4.79 Å². The Labute approximate surface area is 251 Å². The number of aromatic amines is 1.